The van der Waals surface area contributed by atoms with Crippen LogP contribution in [0.1, 0.15) is 84.4 Å². The maximum Gasteiger partial charge on any atom is 0.189 e. The molecule has 2 heterocycles. The van der Waals surface area contributed by atoms with Crippen molar-refractivity contribution in [1.82, 2.24) is 14.8 Å². The summed E-state index contributed by atoms with van der Waals surface area (Å²) >= 11 is 1.39. The molecule has 3 rings (SSSR count). The second-order valence-electron chi connectivity index (χ2n) is 8.45. The van der Waals surface area contributed by atoms with Crippen molar-refractivity contribution in [2.45, 2.75) is 101 Å². The molecule has 1 aromatic rings. The van der Waals surface area contributed by atoms with Gasteiger partial charge in [0.15, 0.2) is 22.5 Å². The molecule has 2 aliphatic rings. The summed E-state index contributed by atoms with van der Waals surface area (Å²) in [6.45, 7) is 6.32. The number of hydrogen-bond donors (Lipinski definition) is 1. The van der Waals surface area contributed by atoms with Crippen LogP contribution in [-0.4, -0.2) is 30.9 Å². The van der Waals surface area contributed by atoms with Crippen LogP contribution in [0, 0.1) is 5.41 Å². The number of hydrogen-bond acceptors (Lipinski definition) is 5. The summed E-state index contributed by atoms with van der Waals surface area (Å²) in [6, 6.07) is 0. The first-order valence-corrected chi connectivity index (χ1v) is 10.6. The van der Waals surface area contributed by atoms with Crippen LogP contribution >= 0.6 is 11.8 Å². The maximum absolute atomic E-state index is 12.4. The molecule has 5 nitrogen and oxygen atoms in total. The van der Waals surface area contributed by atoms with E-state index < -0.39 is 11.0 Å². The molecular weight excluding hydrogens is 334 g/mol. The van der Waals surface area contributed by atoms with Crippen molar-refractivity contribution in [2.24, 2.45) is 5.41 Å². The number of aromatic nitrogens is 3. The number of carbonyl (C=O) groups excluding carboxylic acids is 1. The van der Waals surface area contributed by atoms with E-state index in [4.69, 9.17) is 0 Å². The van der Waals surface area contributed by atoms with Gasteiger partial charge in [-0.3, -0.25) is 4.79 Å². The third kappa shape index (κ3) is 3.95. The summed E-state index contributed by atoms with van der Waals surface area (Å²) in [7, 11) is 0. The predicted molar refractivity (Wildman–Crippen MR) is 99.6 cm³/mol. The Balaban J connectivity index is 1.58. The first kappa shape index (κ1) is 18.9. The topological polar surface area (TPSA) is 68.0 Å². The molecule has 0 aromatic carbocycles. The first-order valence-electron chi connectivity index (χ1n) is 9.74. The number of Topliss-reactive ketones (excluding diaryl/α,β-unsaturated/α-hetero) is 1. The van der Waals surface area contributed by atoms with Gasteiger partial charge in [-0.25, -0.2) is 9.67 Å². The minimum atomic E-state index is -1.20. The van der Waals surface area contributed by atoms with Crippen molar-refractivity contribution in [3.8, 4) is 0 Å². The number of thioether (sulfide) groups is 1. The van der Waals surface area contributed by atoms with Gasteiger partial charge in [-0.15, -0.1) is 0 Å². The van der Waals surface area contributed by atoms with Crippen molar-refractivity contribution in [3.63, 3.8) is 0 Å². The van der Waals surface area contributed by atoms with Gasteiger partial charge in [0.25, 0.3) is 0 Å². The molecule has 6 heteroatoms. The van der Waals surface area contributed by atoms with E-state index in [1.807, 2.05) is 13.8 Å². The number of rotatable bonds is 8. The van der Waals surface area contributed by atoms with Gasteiger partial charge < -0.3 is 5.11 Å². The van der Waals surface area contributed by atoms with Gasteiger partial charge in [-0.1, -0.05) is 71.1 Å². The van der Waals surface area contributed by atoms with Crippen molar-refractivity contribution >= 4 is 17.5 Å². The summed E-state index contributed by atoms with van der Waals surface area (Å²) in [5.41, 5.74) is -1.40. The Morgan fingerprint density at radius 1 is 1.20 bits per heavy atom. The zero-order valence-corrected chi connectivity index (χ0v) is 16.6. The van der Waals surface area contributed by atoms with E-state index in [-0.39, 0.29) is 11.2 Å². The Morgan fingerprint density at radius 2 is 1.88 bits per heavy atom. The quantitative estimate of drug-likeness (QED) is 0.703. The van der Waals surface area contributed by atoms with E-state index in [2.05, 4.69) is 17.0 Å². The third-order valence-electron chi connectivity index (χ3n) is 5.32. The van der Waals surface area contributed by atoms with Gasteiger partial charge in [0.2, 0.25) is 0 Å². The minimum Gasteiger partial charge on any atom is -0.368 e. The fourth-order valence-corrected chi connectivity index (χ4v) is 5.40. The zero-order chi connectivity index (χ0) is 18.1. The van der Waals surface area contributed by atoms with Gasteiger partial charge in [0, 0.05) is 19.3 Å². The molecule has 25 heavy (non-hydrogen) atoms. The van der Waals surface area contributed by atoms with E-state index in [1.54, 1.807) is 4.68 Å². The van der Waals surface area contributed by atoms with E-state index in [0.717, 1.165) is 18.7 Å². The second-order valence-corrected chi connectivity index (χ2v) is 9.53. The summed E-state index contributed by atoms with van der Waals surface area (Å²) in [6.07, 6.45) is 10.8. The zero-order valence-electron chi connectivity index (χ0n) is 15.8. The summed E-state index contributed by atoms with van der Waals surface area (Å²) in [5, 5.41) is 16.0. The molecule has 0 amide bonds. The number of nitrogens with zero attached hydrogens (tertiary/aromatic N) is 3. The molecule has 1 aliphatic heterocycles. The van der Waals surface area contributed by atoms with Gasteiger partial charge in [-0.2, -0.15) is 5.10 Å². The van der Waals surface area contributed by atoms with E-state index in [9.17, 15) is 9.90 Å². The summed E-state index contributed by atoms with van der Waals surface area (Å²) in [4.78, 5) is 17.0. The average molecular weight is 366 g/mol. The smallest absolute Gasteiger partial charge is 0.189 e. The Morgan fingerprint density at radius 3 is 2.60 bits per heavy atom. The lowest BCUT2D eigenvalue weighted by Crippen LogP contribution is -2.52. The molecule has 0 saturated heterocycles. The van der Waals surface area contributed by atoms with Crippen LogP contribution in [0.5, 0.6) is 0 Å². The van der Waals surface area contributed by atoms with Gasteiger partial charge in [0.05, 0.1) is 0 Å². The van der Waals surface area contributed by atoms with Crippen LogP contribution in [0.4, 0.5) is 0 Å². The molecule has 1 N–H and O–H groups in total. The van der Waals surface area contributed by atoms with Crippen LogP contribution in [0.2, 0.25) is 0 Å². The van der Waals surface area contributed by atoms with E-state index >= 15 is 0 Å². The van der Waals surface area contributed by atoms with Crippen molar-refractivity contribution in [2.75, 3.05) is 0 Å². The number of ketones is 1. The van der Waals surface area contributed by atoms with Crippen LogP contribution in [0.3, 0.4) is 0 Å². The summed E-state index contributed by atoms with van der Waals surface area (Å²) < 4.78 is 1.64. The average Bonchev–Trinajstić information content (AvgIpc) is 3.03. The van der Waals surface area contributed by atoms with Crippen LogP contribution in [-0.2, 0) is 16.9 Å². The lowest BCUT2D eigenvalue weighted by Gasteiger charge is -2.41. The molecule has 140 valence electrons. The highest BCUT2D eigenvalue weighted by atomic mass is 32.2. The van der Waals surface area contributed by atoms with Crippen molar-refractivity contribution < 1.29 is 9.90 Å². The largest absolute Gasteiger partial charge is 0.368 e. The Labute approximate surface area is 155 Å². The maximum atomic E-state index is 12.4. The Kier molecular flexibility index (Phi) is 5.59. The SMILES string of the molecule is CCCCCCCCCc1nc2n(n1)C1(O)CC(C)(C)CC(=O)C1S2. The number of unbranched alkanes of at least 4 members (excludes halogenated alkanes) is 6. The monoisotopic (exact) mass is 365 g/mol. The fourth-order valence-electron chi connectivity index (χ4n) is 4.15. The van der Waals surface area contributed by atoms with Crippen LogP contribution in [0.25, 0.3) is 0 Å². The molecule has 0 spiro atoms. The molecule has 1 aromatic heterocycles. The van der Waals surface area contributed by atoms with Crippen molar-refractivity contribution in [3.05, 3.63) is 5.82 Å². The molecule has 1 fully saturated rings. The van der Waals surface area contributed by atoms with E-state index in [1.165, 1.54) is 50.3 Å². The standard InChI is InChI=1S/C19H31N3O2S/c1-4-5-6-7-8-9-10-11-15-20-17-22(21-15)19(24)13-18(2,3)12-14(23)16(19)25-17/h16,24H,4-13H2,1-3H3. The number of aliphatic hydroxyl groups is 1. The molecule has 2 atom stereocenters. The van der Waals surface area contributed by atoms with Gasteiger partial charge >= 0.3 is 0 Å². The van der Waals surface area contributed by atoms with Gasteiger partial charge in [-0.05, 0) is 11.8 Å². The molecule has 1 aliphatic carbocycles. The fraction of sp³-hybridized carbons (Fsp3) is 0.842. The van der Waals surface area contributed by atoms with Crippen LogP contribution < -0.4 is 0 Å². The third-order valence-corrected chi connectivity index (χ3v) is 6.67. The highest BCUT2D eigenvalue weighted by Gasteiger charge is 2.57. The first-order chi connectivity index (χ1) is 11.9. The number of aryl methyl sites for hydroxylation is 1. The summed E-state index contributed by atoms with van der Waals surface area (Å²) in [5.74, 6) is 0.920. The molecule has 0 bridgehead atoms. The minimum absolute atomic E-state index is 0.115. The van der Waals surface area contributed by atoms with E-state index in [0.29, 0.717) is 18.0 Å². The molecule has 0 radical (unpaired) electrons. The number of fused-ring (bicyclic) bond motifs is 3. The highest BCUT2D eigenvalue weighted by Crippen LogP contribution is 2.52. The predicted octanol–water partition coefficient (Wildman–Crippen LogP) is 4.08. The molecular formula is C19H31N3O2S. The second kappa shape index (κ2) is 7.39. The van der Waals surface area contributed by atoms with Gasteiger partial charge in [0.1, 0.15) is 5.25 Å². The Bertz CT molecular complexity index is 628. The van der Waals surface area contributed by atoms with Crippen molar-refractivity contribution in [1.29, 1.82) is 0 Å². The highest BCUT2D eigenvalue weighted by molar-refractivity contribution is 8.00. The number of carbonyl (C=O) groups is 1. The normalized spacial score (nSPS) is 27.4. The Hall–Kier alpha value is -0.880. The lowest BCUT2D eigenvalue weighted by atomic mass is 9.72. The molecule has 2 unspecified atom stereocenters. The van der Waals surface area contributed by atoms with Crippen LogP contribution in [0.15, 0.2) is 5.16 Å². The molecule has 1 saturated carbocycles. The lowest BCUT2D eigenvalue weighted by molar-refractivity contribution is -0.146.